The summed E-state index contributed by atoms with van der Waals surface area (Å²) in [4.78, 5) is 17.7. The summed E-state index contributed by atoms with van der Waals surface area (Å²) in [6.07, 6.45) is 12.0. The maximum Gasteiger partial charge on any atom is 0.211 e. The maximum atomic E-state index is 6.26. The van der Waals surface area contributed by atoms with Crippen LogP contribution in [0.25, 0.3) is 5.65 Å². The number of hydrogen-bond acceptors (Lipinski definition) is 7. The van der Waals surface area contributed by atoms with Gasteiger partial charge in [-0.05, 0) is 55.7 Å². The molecule has 1 unspecified atom stereocenters. The van der Waals surface area contributed by atoms with Crippen LogP contribution in [0, 0.1) is 11.3 Å². The van der Waals surface area contributed by atoms with Crippen LogP contribution in [0.2, 0.25) is 5.15 Å². The Morgan fingerprint density at radius 2 is 2.00 bits per heavy atom. The van der Waals surface area contributed by atoms with Crippen molar-refractivity contribution in [3.8, 4) is 0 Å². The van der Waals surface area contributed by atoms with E-state index in [1.807, 2.05) is 24.7 Å². The number of anilines is 2. The Hall–Kier alpha value is -2.03. The van der Waals surface area contributed by atoms with Crippen LogP contribution in [0.5, 0.6) is 0 Å². The van der Waals surface area contributed by atoms with Crippen molar-refractivity contribution >= 4 is 40.8 Å². The minimum Gasteiger partial charge on any atom is -0.384 e. The maximum absolute atomic E-state index is 6.26. The Morgan fingerprint density at radius 3 is 2.77 bits per heavy atom. The van der Waals surface area contributed by atoms with Gasteiger partial charge in [0.2, 0.25) is 5.95 Å². The fourth-order valence-electron chi connectivity index (χ4n) is 5.21. The zero-order valence-electron chi connectivity index (χ0n) is 16.8. The summed E-state index contributed by atoms with van der Waals surface area (Å²) >= 11 is 7.77. The summed E-state index contributed by atoms with van der Waals surface area (Å²) in [6, 6.07) is 3.63. The van der Waals surface area contributed by atoms with Crippen molar-refractivity contribution in [2.75, 3.05) is 30.3 Å². The number of nitrogen functional groups attached to an aromatic ring is 1. The lowest BCUT2D eigenvalue weighted by molar-refractivity contribution is 0.153. The van der Waals surface area contributed by atoms with E-state index >= 15 is 0 Å². The highest BCUT2D eigenvalue weighted by molar-refractivity contribution is 7.99. The number of nitrogens with two attached hydrogens (primary N) is 2. The molecule has 1 saturated carbocycles. The molecule has 4 heterocycles. The lowest BCUT2D eigenvalue weighted by atomic mass is 9.70. The van der Waals surface area contributed by atoms with Crippen molar-refractivity contribution in [2.45, 2.75) is 41.9 Å². The average molecular weight is 444 g/mol. The monoisotopic (exact) mass is 443 g/mol. The number of piperidine rings is 1. The third kappa shape index (κ3) is 3.40. The standard InChI is InChI=1S/C21H26ClN7S/c22-18-15(3-4-17(24)27-18)30-16-13-26-20(29-11-8-25-19(16)29)28-9-6-21(7-10-28)5-1-2-14(21)12-23/h3-4,8,11,13-14H,1-2,5-7,9-10,12,23H2,(H2,24,27). The van der Waals surface area contributed by atoms with Gasteiger partial charge in [-0.1, -0.05) is 29.8 Å². The first-order chi connectivity index (χ1) is 14.6. The van der Waals surface area contributed by atoms with E-state index in [0.29, 0.717) is 22.3 Å². The van der Waals surface area contributed by atoms with Crippen LogP contribution in [-0.2, 0) is 0 Å². The van der Waals surface area contributed by atoms with E-state index in [0.717, 1.165) is 41.0 Å². The molecule has 1 aliphatic carbocycles. The number of aromatic nitrogens is 4. The first-order valence-electron chi connectivity index (χ1n) is 10.5. The summed E-state index contributed by atoms with van der Waals surface area (Å²) in [5, 5.41) is 0.390. The molecule has 1 atom stereocenters. The number of fused-ring (bicyclic) bond motifs is 1. The third-order valence-electron chi connectivity index (χ3n) is 6.85. The topological polar surface area (TPSA) is 98.4 Å². The van der Waals surface area contributed by atoms with Crippen molar-refractivity contribution < 1.29 is 0 Å². The largest absolute Gasteiger partial charge is 0.384 e. The predicted octanol–water partition coefficient (Wildman–Crippen LogP) is 3.86. The SMILES string of the molecule is NCC1CCCC12CCN(c1ncc(Sc3ccc(N)nc3Cl)c3nccn13)CC2. The molecule has 2 aliphatic rings. The van der Waals surface area contributed by atoms with Gasteiger partial charge in [-0.2, -0.15) is 0 Å². The molecule has 30 heavy (non-hydrogen) atoms. The minimum absolute atomic E-state index is 0.390. The van der Waals surface area contributed by atoms with Gasteiger partial charge in [0.25, 0.3) is 0 Å². The molecule has 4 N–H and O–H groups in total. The number of pyridine rings is 1. The molecular weight excluding hydrogens is 418 g/mol. The second-order valence-corrected chi connectivity index (χ2v) is 9.79. The second-order valence-electron chi connectivity index (χ2n) is 8.34. The Bertz CT molecular complexity index is 1060. The minimum atomic E-state index is 0.390. The van der Waals surface area contributed by atoms with Crippen LogP contribution in [0.3, 0.4) is 0 Å². The van der Waals surface area contributed by atoms with Crippen molar-refractivity contribution in [1.29, 1.82) is 0 Å². The van der Waals surface area contributed by atoms with Gasteiger partial charge in [-0.3, -0.25) is 4.40 Å². The molecular formula is C21H26ClN7S. The average Bonchev–Trinajstić information content (AvgIpc) is 3.39. The molecule has 0 radical (unpaired) electrons. The van der Waals surface area contributed by atoms with E-state index < -0.39 is 0 Å². The van der Waals surface area contributed by atoms with Crippen molar-refractivity contribution in [3.63, 3.8) is 0 Å². The third-order valence-corrected chi connectivity index (χ3v) is 8.31. The first-order valence-corrected chi connectivity index (χ1v) is 11.7. The van der Waals surface area contributed by atoms with Crippen LogP contribution in [0.1, 0.15) is 32.1 Å². The van der Waals surface area contributed by atoms with Crippen LogP contribution in [0.15, 0.2) is 40.5 Å². The van der Waals surface area contributed by atoms with Crippen molar-refractivity contribution in [1.82, 2.24) is 19.4 Å². The normalized spacial score (nSPS) is 21.0. The van der Waals surface area contributed by atoms with Gasteiger partial charge >= 0.3 is 0 Å². The lowest BCUT2D eigenvalue weighted by Gasteiger charge is -2.43. The highest BCUT2D eigenvalue weighted by Gasteiger charge is 2.44. The smallest absolute Gasteiger partial charge is 0.211 e. The molecule has 0 bridgehead atoms. The predicted molar refractivity (Wildman–Crippen MR) is 121 cm³/mol. The molecule has 158 valence electrons. The Kier molecular flexibility index (Phi) is 5.24. The highest BCUT2D eigenvalue weighted by atomic mass is 35.5. The van der Waals surface area contributed by atoms with Gasteiger partial charge in [0.1, 0.15) is 11.0 Å². The van der Waals surface area contributed by atoms with E-state index in [4.69, 9.17) is 28.1 Å². The van der Waals surface area contributed by atoms with Crippen LogP contribution in [0.4, 0.5) is 11.8 Å². The Balaban J connectivity index is 1.39. The quantitative estimate of drug-likeness (QED) is 0.590. The van der Waals surface area contributed by atoms with Gasteiger partial charge in [0, 0.05) is 36.6 Å². The summed E-state index contributed by atoms with van der Waals surface area (Å²) < 4.78 is 2.08. The fraction of sp³-hybridized carbons (Fsp3) is 0.476. The summed E-state index contributed by atoms with van der Waals surface area (Å²) in [6.45, 7) is 2.84. The van der Waals surface area contributed by atoms with Gasteiger partial charge in [0.05, 0.1) is 4.90 Å². The second kappa shape index (κ2) is 7.90. The number of rotatable bonds is 4. The number of halogens is 1. The Morgan fingerprint density at radius 1 is 1.17 bits per heavy atom. The lowest BCUT2D eigenvalue weighted by Crippen LogP contribution is -2.44. The molecule has 0 aromatic carbocycles. The molecule has 1 spiro atoms. The summed E-state index contributed by atoms with van der Waals surface area (Å²) in [7, 11) is 0. The number of hydrogen-bond donors (Lipinski definition) is 2. The van der Waals surface area contributed by atoms with Crippen LogP contribution in [-0.4, -0.2) is 39.0 Å². The summed E-state index contributed by atoms with van der Waals surface area (Å²) in [5.74, 6) is 2.04. The highest BCUT2D eigenvalue weighted by Crippen LogP contribution is 2.50. The molecule has 1 saturated heterocycles. The molecule has 0 amide bonds. The first kappa shape index (κ1) is 19.9. The zero-order valence-corrected chi connectivity index (χ0v) is 18.4. The van der Waals surface area contributed by atoms with Crippen molar-refractivity contribution in [2.24, 2.45) is 17.1 Å². The number of imidazole rings is 1. The molecule has 5 rings (SSSR count). The van der Waals surface area contributed by atoms with Crippen molar-refractivity contribution in [3.05, 3.63) is 35.9 Å². The molecule has 9 heteroatoms. The Labute approximate surface area is 185 Å². The van der Waals surface area contributed by atoms with Gasteiger partial charge < -0.3 is 16.4 Å². The molecule has 7 nitrogen and oxygen atoms in total. The zero-order chi connectivity index (χ0) is 20.7. The van der Waals surface area contributed by atoms with Crippen LogP contribution >= 0.6 is 23.4 Å². The van der Waals surface area contributed by atoms with E-state index in [1.165, 1.54) is 43.9 Å². The number of nitrogens with zero attached hydrogens (tertiary/aromatic N) is 5. The fourth-order valence-corrected chi connectivity index (χ4v) is 6.34. The summed E-state index contributed by atoms with van der Waals surface area (Å²) in [5.41, 5.74) is 13.1. The van der Waals surface area contributed by atoms with E-state index in [9.17, 15) is 0 Å². The van der Waals surface area contributed by atoms with E-state index in [1.54, 1.807) is 6.07 Å². The van der Waals surface area contributed by atoms with Gasteiger partial charge in [0.15, 0.2) is 5.65 Å². The van der Waals surface area contributed by atoms with Gasteiger partial charge in [-0.15, -0.1) is 0 Å². The van der Waals surface area contributed by atoms with Gasteiger partial charge in [-0.25, -0.2) is 15.0 Å². The van der Waals surface area contributed by atoms with Crippen LogP contribution < -0.4 is 16.4 Å². The van der Waals surface area contributed by atoms with E-state index in [-0.39, 0.29) is 0 Å². The molecule has 3 aromatic rings. The molecule has 1 aliphatic heterocycles. The molecule has 2 fully saturated rings. The van der Waals surface area contributed by atoms with E-state index in [2.05, 4.69) is 19.3 Å². The molecule has 3 aromatic heterocycles.